The maximum atomic E-state index is 8.74. The molecule has 0 aliphatic heterocycles. The van der Waals surface area contributed by atoms with E-state index in [1.54, 1.807) is 0 Å². The second-order valence-electron chi connectivity index (χ2n) is 0.491. The van der Waals surface area contributed by atoms with Crippen molar-refractivity contribution in [2.75, 3.05) is 0 Å². The van der Waals surface area contributed by atoms with Crippen LogP contribution in [-0.4, -0.2) is 17.5 Å². The van der Waals surface area contributed by atoms with Gasteiger partial charge >= 0.3 is 43.7 Å². The van der Waals surface area contributed by atoms with Crippen LogP contribution in [0.3, 0.4) is 0 Å². The summed E-state index contributed by atoms with van der Waals surface area (Å²) in [6, 6.07) is 0. The van der Waals surface area contributed by atoms with E-state index in [-0.39, 0.29) is 12.4 Å². The summed E-state index contributed by atoms with van der Waals surface area (Å²) in [5, 5.41) is 0. The third-order valence-corrected chi connectivity index (χ3v) is 0. The fourth-order valence-electron chi connectivity index (χ4n) is 0. The topological polar surface area (TPSA) is 74.6 Å². The van der Waals surface area contributed by atoms with Crippen molar-refractivity contribution in [3.63, 3.8) is 0 Å². The molecule has 0 aliphatic rings. The van der Waals surface area contributed by atoms with Crippen LogP contribution in [0, 0.1) is 0 Å². The Kier molecular flexibility index (Phi) is 17.2. The van der Waals surface area contributed by atoms with E-state index in [0.29, 0.717) is 0 Å². The summed E-state index contributed by atoms with van der Waals surface area (Å²) in [5.41, 5.74) is 0. The number of hydrogen-bond donors (Lipinski definition) is 2. The van der Waals surface area contributed by atoms with E-state index >= 15 is 0 Å². The third-order valence-electron chi connectivity index (χ3n) is 0. The molecule has 0 saturated carbocycles. The molecule has 0 radical (unpaired) electrons. The third kappa shape index (κ3) is 308. The van der Waals surface area contributed by atoms with Crippen molar-refractivity contribution in [3.05, 3.63) is 0 Å². The van der Waals surface area contributed by atoms with E-state index in [1.807, 2.05) is 0 Å². The molecule has 0 aromatic rings. The van der Waals surface area contributed by atoms with E-state index in [2.05, 4.69) is 20.2 Å². The Morgan fingerprint density at radius 2 is 1.22 bits per heavy atom. The SMILES string of the molecule is Cl.O=S(=O)(O)O.[Cl][Cu][Cl]. The van der Waals surface area contributed by atoms with Crippen molar-refractivity contribution in [2.45, 2.75) is 0 Å². The van der Waals surface area contributed by atoms with Crippen LogP contribution < -0.4 is 0 Å². The van der Waals surface area contributed by atoms with Crippen LogP contribution in [0.2, 0.25) is 0 Å². The van der Waals surface area contributed by atoms with Gasteiger partial charge in [-0.25, -0.2) is 0 Å². The van der Waals surface area contributed by atoms with E-state index in [4.69, 9.17) is 17.5 Å². The standard InChI is InChI=1S/3ClH.Cu.H2O4S/c;;;;1-5(2,3)4/h3*1H;;(H2,1,2,3,4)/q;;;+2;/p-2. The zero-order valence-corrected chi connectivity index (χ0v) is 7.67. The van der Waals surface area contributed by atoms with Crippen molar-refractivity contribution in [3.8, 4) is 0 Å². The fraction of sp³-hybridized carbons (Fsp3) is 0. The average Bonchev–Trinajstić information content (AvgIpc) is 1.27. The van der Waals surface area contributed by atoms with Crippen LogP contribution in [0.4, 0.5) is 0 Å². The molecule has 4 nitrogen and oxygen atoms in total. The molecule has 0 atom stereocenters. The first-order valence-electron chi connectivity index (χ1n) is 0.926. The van der Waals surface area contributed by atoms with Crippen molar-refractivity contribution in [1.29, 1.82) is 0 Å². The Hall–Kier alpha value is 1.26. The summed E-state index contributed by atoms with van der Waals surface area (Å²) < 4.78 is 31.6. The molecule has 0 aromatic heterocycles. The first kappa shape index (κ1) is 16.7. The molecule has 0 spiro atoms. The van der Waals surface area contributed by atoms with Gasteiger partial charge in [0.05, 0.1) is 0 Å². The molecule has 0 aliphatic carbocycles. The van der Waals surface area contributed by atoms with Gasteiger partial charge in [0.2, 0.25) is 0 Å². The van der Waals surface area contributed by atoms with Crippen LogP contribution in [0.1, 0.15) is 0 Å². The van der Waals surface area contributed by atoms with Crippen molar-refractivity contribution < 1.29 is 30.7 Å². The molecular weight excluding hydrogens is 266 g/mol. The van der Waals surface area contributed by atoms with Gasteiger partial charge in [0.1, 0.15) is 0 Å². The van der Waals surface area contributed by atoms with Crippen LogP contribution >= 0.6 is 32.6 Å². The van der Waals surface area contributed by atoms with Crippen molar-refractivity contribution >= 4 is 43.0 Å². The Bertz CT molecular complexity index is 110. The Morgan fingerprint density at radius 1 is 1.22 bits per heavy atom. The van der Waals surface area contributed by atoms with Gasteiger partial charge in [-0.3, -0.25) is 9.11 Å². The summed E-state index contributed by atoms with van der Waals surface area (Å²) in [7, 11) is 4.67. The molecular formula is H3Cl3CuO4S. The van der Waals surface area contributed by atoms with E-state index in [1.165, 1.54) is 0 Å². The van der Waals surface area contributed by atoms with E-state index in [9.17, 15) is 0 Å². The van der Waals surface area contributed by atoms with Crippen LogP contribution in [0.15, 0.2) is 0 Å². The minimum absolute atomic E-state index is 0. The predicted octanol–water partition coefficient (Wildman–Crippen LogP) is 1.15. The normalized spacial score (nSPS) is 8.89. The fourth-order valence-corrected chi connectivity index (χ4v) is 0. The Balaban J connectivity index is -0.0000000800. The summed E-state index contributed by atoms with van der Waals surface area (Å²) in [6.07, 6.45) is 0. The average molecular weight is 269 g/mol. The van der Waals surface area contributed by atoms with E-state index < -0.39 is 10.4 Å². The Morgan fingerprint density at radius 3 is 1.22 bits per heavy atom. The number of rotatable bonds is 0. The van der Waals surface area contributed by atoms with Gasteiger partial charge in [-0.2, -0.15) is 8.42 Å². The van der Waals surface area contributed by atoms with Gasteiger partial charge in [0.15, 0.2) is 0 Å². The summed E-state index contributed by atoms with van der Waals surface area (Å²) in [6.45, 7) is 0. The van der Waals surface area contributed by atoms with Crippen LogP contribution in [-0.2, 0) is 23.5 Å². The van der Waals surface area contributed by atoms with Gasteiger partial charge < -0.3 is 0 Å². The minimum atomic E-state index is -4.67. The van der Waals surface area contributed by atoms with Gasteiger partial charge in [0, 0.05) is 0 Å². The van der Waals surface area contributed by atoms with Crippen molar-refractivity contribution in [1.82, 2.24) is 0 Å². The summed E-state index contributed by atoms with van der Waals surface area (Å²) in [5.74, 6) is 0. The molecule has 0 bridgehead atoms. The quantitative estimate of drug-likeness (QED) is 0.511. The second kappa shape index (κ2) is 9.26. The molecule has 0 rings (SSSR count). The molecule has 0 aromatic carbocycles. The molecule has 0 saturated heterocycles. The zero-order valence-electron chi connectivity index (χ0n) is 3.58. The first-order chi connectivity index (χ1) is 3.41. The summed E-state index contributed by atoms with van der Waals surface area (Å²) in [4.78, 5) is 0. The molecule has 0 heterocycles. The van der Waals surface area contributed by atoms with E-state index in [0.717, 1.165) is 13.1 Å². The maximum absolute atomic E-state index is 8.74. The molecule has 0 fully saturated rings. The zero-order chi connectivity index (χ0) is 7.21. The predicted molar refractivity (Wildman–Crippen MR) is 33.1 cm³/mol. The van der Waals surface area contributed by atoms with Gasteiger partial charge in [0.25, 0.3) is 0 Å². The molecule has 0 amide bonds. The van der Waals surface area contributed by atoms with Gasteiger partial charge in [-0.05, 0) is 0 Å². The second-order valence-corrected chi connectivity index (χ2v) is 2.94. The number of hydrogen-bond acceptors (Lipinski definition) is 2. The summed E-state index contributed by atoms with van der Waals surface area (Å²) >= 11 is 0.757. The van der Waals surface area contributed by atoms with Crippen LogP contribution in [0.5, 0.6) is 0 Å². The monoisotopic (exact) mass is 267 g/mol. The molecule has 65 valence electrons. The molecule has 0 unspecified atom stereocenters. The van der Waals surface area contributed by atoms with Crippen LogP contribution in [0.25, 0.3) is 0 Å². The molecule has 9 heavy (non-hydrogen) atoms. The van der Waals surface area contributed by atoms with Gasteiger partial charge in [-0.1, -0.05) is 0 Å². The Labute approximate surface area is 73.5 Å². The first-order valence-corrected chi connectivity index (χ1v) is 4.91. The van der Waals surface area contributed by atoms with Gasteiger partial charge in [-0.15, -0.1) is 12.4 Å². The molecule has 9 heteroatoms. The van der Waals surface area contributed by atoms with Crippen molar-refractivity contribution in [2.24, 2.45) is 0 Å². The number of halogens is 3. The molecule has 2 N–H and O–H groups in total.